The molecule has 1 unspecified atom stereocenters. The van der Waals surface area contributed by atoms with E-state index in [1.165, 1.54) is 0 Å². The van der Waals surface area contributed by atoms with Crippen LogP contribution in [-0.2, 0) is 24.1 Å². The average molecular weight is 353 g/mol. The molecule has 26 heavy (non-hydrogen) atoms. The number of para-hydroxylation sites is 2. The fourth-order valence-corrected chi connectivity index (χ4v) is 3.68. The van der Waals surface area contributed by atoms with Crippen molar-refractivity contribution in [3.05, 3.63) is 47.0 Å². The van der Waals surface area contributed by atoms with Gasteiger partial charge in [0.2, 0.25) is 0 Å². The summed E-state index contributed by atoms with van der Waals surface area (Å²) < 4.78 is 7.35. The molecule has 0 saturated heterocycles. The van der Waals surface area contributed by atoms with Gasteiger partial charge in [-0.3, -0.25) is 9.89 Å². The van der Waals surface area contributed by atoms with Gasteiger partial charge in [-0.1, -0.05) is 12.1 Å². The number of benzene rings is 1. The highest BCUT2D eigenvalue weighted by atomic mass is 16.5. The third-order valence-electron chi connectivity index (χ3n) is 4.96. The second-order valence-corrected chi connectivity index (χ2v) is 6.68. The lowest BCUT2D eigenvalue weighted by Crippen LogP contribution is -2.30. The highest BCUT2D eigenvalue weighted by molar-refractivity contribution is 5.94. The summed E-state index contributed by atoms with van der Waals surface area (Å²) in [6, 6.07) is 7.75. The first-order valence-corrected chi connectivity index (χ1v) is 9.00. The molecule has 0 radical (unpaired) electrons. The summed E-state index contributed by atoms with van der Waals surface area (Å²) in [4.78, 5) is 17.5. The number of nitrogens with zero attached hydrogens (tertiary/aromatic N) is 3. The van der Waals surface area contributed by atoms with Crippen LogP contribution in [0.5, 0.6) is 0 Å². The number of methoxy groups -OCH3 is 1. The molecule has 3 aromatic rings. The molecule has 1 aromatic carbocycles. The van der Waals surface area contributed by atoms with Crippen molar-refractivity contribution >= 4 is 16.9 Å². The summed E-state index contributed by atoms with van der Waals surface area (Å²) in [5.41, 5.74) is 4.63. The number of hydrogen-bond acceptors (Lipinski definition) is 4. The van der Waals surface area contributed by atoms with Crippen LogP contribution in [0.25, 0.3) is 11.0 Å². The number of H-pyrrole nitrogens is 1. The molecule has 1 aliphatic rings. The van der Waals surface area contributed by atoms with Gasteiger partial charge in [0, 0.05) is 24.9 Å². The molecule has 2 heterocycles. The predicted octanol–water partition coefficient (Wildman–Crippen LogP) is 2.39. The number of nitrogens with one attached hydrogen (secondary N) is 2. The number of aryl methyl sites for hydroxylation is 1. The topological polar surface area (TPSA) is 84.8 Å². The van der Waals surface area contributed by atoms with Gasteiger partial charge in [0.25, 0.3) is 5.91 Å². The van der Waals surface area contributed by atoms with Crippen LogP contribution in [0.2, 0.25) is 0 Å². The molecule has 0 spiro atoms. The van der Waals surface area contributed by atoms with Crippen molar-refractivity contribution in [3.8, 4) is 0 Å². The standard InChI is InChI=1S/C19H23N5O2/c1-12(20-19(25)17-13-6-5-8-14(13)22-23-17)18-21-15-7-3-4-9-16(15)24(18)10-11-26-2/h3-4,7,9,12H,5-6,8,10-11H2,1-2H3,(H,20,25)(H,22,23). The van der Waals surface area contributed by atoms with Gasteiger partial charge < -0.3 is 14.6 Å². The molecule has 0 bridgehead atoms. The molecule has 0 fully saturated rings. The summed E-state index contributed by atoms with van der Waals surface area (Å²) in [5.74, 6) is 0.672. The first-order chi connectivity index (χ1) is 12.7. The summed E-state index contributed by atoms with van der Waals surface area (Å²) in [5, 5.41) is 10.3. The van der Waals surface area contributed by atoms with Crippen molar-refractivity contribution in [1.29, 1.82) is 0 Å². The van der Waals surface area contributed by atoms with Crippen molar-refractivity contribution in [2.24, 2.45) is 0 Å². The number of ether oxygens (including phenoxy) is 1. The normalized spacial score (nSPS) is 14.5. The van der Waals surface area contributed by atoms with Crippen LogP contribution < -0.4 is 5.32 Å². The molecule has 136 valence electrons. The Hall–Kier alpha value is -2.67. The van der Waals surface area contributed by atoms with Crippen molar-refractivity contribution in [1.82, 2.24) is 25.1 Å². The molecule has 1 atom stereocenters. The molecule has 7 nitrogen and oxygen atoms in total. The Balaban J connectivity index is 1.61. The highest BCUT2D eigenvalue weighted by Crippen LogP contribution is 2.24. The Kier molecular flexibility index (Phi) is 4.46. The SMILES string of the molecule is COCCn1c(C(C)NC(=O)c2n[nH]c3c2CCC3)nc2ccccc21. The number of imidazole rings is 1. The minimum atomic E-state index is -0.236. The van der Waals surface area contributed by atoms with Gasteiger partial charge in [0.15, 0.2) is 5.69 Å². The van der Waals surface area contributed by atoms with Gasteiger partial charge in [0.05, 0.1) is 23.7 Å². The number of aromatic nitrogens is 4. The number of rotatable bonds is 6. The predicted molar refractivity (Wildman–Crippen MR) is 98.1 cm³/mol. The zero-order chi connectivity index (χ0) is 18.1. The fraction of sp³-hybridized carbons (Fsp3) is 0.421. The number of fused-ring (bicyclic) bond motifs is 2. The molecular weight excluding hydrogens is 330 g/mol. The lowest BCUT2D eigenvalue weighted by Gasteiger charge is -2.16. The molecule has 1 amide bonds. The van der Waals surface area contributed by atoms with Crippen molar-refractivity contribution < 1.29 is 9.53 Å². The van der Waals surface area contributed by atoms with Gasteiger partial charge in [0.1, 0.15) is 5.82 Å². The third kappa shape index (κ3) is 2.88. The fourth-order valence-electron chi connectivity index (χ4n) is 3.68. The van der Waals surface area contributed by atoms with Gasteiger partial charge >= 0.3 is 0 Å². The van der Waals surface area contributed by atoms with Crippen LogP contribution >= 0.6 is 0 Å². The maximum absolute atomic E-state index is 12.7. The van der Waals surface area contributed by atoms with Crippen LogP contribution in [-0.4, -0.2) is 39.4 Å². The smallest absolute Gasteiger partial charge is 0.272 e. The first-order valence-electron chi connectivity index (χ1n) is 9.00. The molecule has 2 aromatic heterocycles. The van der Waals surface area contributed by atoms with Crippen LogP contribution in [0, 0.1) is 0 Å². The highest BCUT2D eigenvalue weighted by Gasteiger charge is 2.25. The zero-order valence-corrected chi connectivity index (χ0v) is 15.1. The third-order valence-corrected chi connectivity index (χ3v) is 4.96. The molecular formula is C19H23N5O2. The maximum Gasteiger partial charge on any atom is 0.272 e. The Labute approximate surface area is 151 Å². The molecule has 0 saturated carbocycles. The maximum atomic E-state index is 12.7. The summed E-state index contributed by atoms with van der Waals surface area (Å²) in [6.07, 6.45) is 2.96. The van der Waals surface area contributed by atoms with Crippen LogP contribution in [0.15, 0.2) is 24.3 Å². The van der Waals surface area contributed by atoms with Gasteiger partial charge in [-0.2, -0.15) is 5.10 Å². The monoisotopic (exact) mass is 353 g/mol. The lowest BCUT2D eigenvalue weighted by molar-refractivity contribution is 0.0931. The van der Waals surface area contributed by atoms with E-state index in [0.29, 0.717) is 18.8 Å². The second-order valence-electron chi connectivity index (χ2n) is 6.68. The van der Waals surface area contributed by atoms with E-state index in [4.69, 9.17) is 9.72 Å². The van der Waals surface area contributed by atoms with E-state index in [9.17, 15) is 4.79 Å². The zero-order valence-electron chi connectivity index (χ0n) is 15.1. The molecule has 1 aliphatic carbocycles. The van der Waals surface area contributed by atoms with E-state index in [-0.39, 0.29) is 11.9 Å². The molecule has 4 rings (SSSR count). The number of amides is 1. The molecule has 0 aliphatic heterocycles. The Morgan fingerprint density at radius 1 is 1.38 bits per heavy atom. The van der Waals surface area contributed by atoms with E-state index in [1.807, 2.05) is 31.2 Å². The Morgan fingerprint density at radius 2 is 2.23 bits per heavy atom. The van der Waals surface area contributed by atoms with Crippen LogP contribution in [0.3, 0.4) is 0 Å². The lowest BCUT2D eigenvalue weighted by atomic mass is 10.2. The van der Waals surface area contributed by atoms with Crippen molar-refractivity contribution in [2.45, 2.75) is 38.8 Å². The first kappa shape index (κ1) is 16.8. The average Bonchev–Trinajstić information content (AvgIpc) is 3.33. The summed E-state index contributed by atoms with van der Waals surface area (Å²) >= 11 is 0. The van der Waals surface area contributed by atoms with Gasteiger partial charge in [-0.25, -0.2) is 4.98 Å². The van der Waals surface area contributed by atoms with Crippen LogP contribution in [0.4, 0.5) is 0 Å². The minimum absolute atomic E-state index is 0.151. The van der Waals surface area contributed by atoms with E-state index < -0.39 is 0 Å². The minimum Gasteiger partial charge on any atom is -0.383 e. The van der Waals surface area contributed by atoms with Gasteiger partial charge in [-0.05, 0) is 38.3 Å². The summed E-state index contributed by atoms with van der Waals surface area (Å²) in [6.45, 7) is 3.22. The molecule has 2 N–H and O–H groups in total. The van der Waals surface area contributed by atoms with E-state index in [2.05, 4.69) is 20.1 Å². The van der Waals surface area contributed by atoms with Crippen LogP contribution in [0.1, 0.15) is 47.0 Å². The molecule has 7 heteroatoms. The van der Waals surface area contributed by atoms with Crippen molar-refractivity contribution in [2.75, 3.05) is 13.7 Å². The summed E-state index contributed by atoms with van der Waals surface area (Å²) in [7, 11) is 1.68. The Morgan fingerprint density at radius 3 is 3.08 bits per heavy atom. The largest absolute Gasteiger partial charge is 0.383 e. The number of carbonyl (C=O) groups is 1. The quantitative estimate of drug-likeness (QED) is 0.712. The number of hydrogen-bond donors (Lipinski definition) is 2. The second kappa shape index (κ2) is 6.92. The Bertz CT molecular complexity index is 943. The van der Waals surface area contributed by atoms with Gasteiger partial charge in [-0.15, -0.1) is 0 Å². The van der Waals surface area contributed by atoms with Crippen molar-refractivity contribution in [3.63, 3.8) is 0 Å². The number of aromatic amines is 1. The number of carbonyl (C=O) groups excluding carboxylic acids is 1. The van der Waals surface area contributed by atoms with E-state index >= 15 is 0 Å². The van der Waals surface area contributed by atoms with E-state index in [0.717, 1.165) is 47.4 Å². The van der Waals surface area contributed by atoms with E-state index in [1.54, 1.807) is 7.11 Å².